The Morgan fingerprint density at radius 3 is 2.73 bits per heavy atom. The second-order valence-corrected chi connectivity index (χ2v) is 7.50. The number of rotatable bonds is 8. The Morgan fingerprint density at radius 2 is 1.97 bits per heavy atom. The molecule has 0 saturated heterocycles. The van der Waals surface area contributed by atoms with Crippen molar-refractivity contribution in [1.29, 1.82) is 0 Å². The van der Waals surface area contributed by atoms with Gasteiger partial charge in [0.25, 0.3) is 5.91 Å². The van der Waals surface area contributed by atoms with Crippen LogP contribution in [-0.2, 0) is 0 Å². The van der Waals surface area contributed by atoms with E-state index >= 15 is 0 Å². The molecule has 0 spiro atoms. The van der Waals surface area contributed by atoms with Crippen molar-refractivity contribution in [2.75, 3.05) is 13.2 Å². The zero-order valence-electron chi connectivity index (χ0n) is 17.4. The first kappa shape index (κ1) is 20.0. The highest BCUT2D eigenvalue weighted by molar-refractivity contribution is 6.00. The molecule has 3 aromatic rings. The van der Waals surface area contributed by atoms with Crippen molar-refractivity contribution in [2.45, 2.75) is 39.2 Å². The molecule has 2 heterocycles. The van der Waals surface area contributed by atoms with Crippen molar-refractivity contribution < 1.29 is 14.6 Å². The highest BCUT2D eigenvalue weighted by atomic mass is 16.5. The molecule has 1 aliphatic rings. The van der Waals surface area contributed by atoms with Gasteiger partial charge in [0.2, 0.25) is 0 Å². The number of unbranched alkanes of at least 4 members (excludes halogenated alkanes) is 2. The molecule has 6 heteroatoms. The average molecular weight is 405 g/mol. The van der Waals surface area contributed by atoms with Gasteiger partial charge in [-0.15, -0.1) is 0 Å². The first-order valence-corrected chi connectivity index (χ1v) is 10.6. The number of carbonyl (C=O) groups is 1. The van der Waals surface area contributed by atoms with E-state index in [2.05, 4.69) is 17.1 Å². The lowest BCUT2D eigenvalue weighted by Gasteiger charge is -2.25. The molecule has 1 atom stereocenters. The third-order valence-corrected chi connectivity index (χ3v) is 5.55. The third kappa shape index (κ3) is 3.54. The Morgan fingerprint density at radius 1 is 1.13 bits per heavy atom. The van der Waals surface area contributed by atoms with Gasteiger partial charge in [-0.1, -0.05) is 44.0 Å². The van der Waals surface area contributed by atoms with Crippen LogP contribution in [0.4, 0.5) is 0 Å². The van der Waals surface area contributed by atoms with Crippen molar-refractivity contribution in [3.8, 4) is 22.8 Å². The number of H-pyrrole nitrogens is 1. The zero-order chi connectivity index (χ0) is 21.1. The molecule has 1 aromatic heterocycles. The molecule has 156 valence electrons. The minimum Gasteiger partial charge on any atom is -0.507 e. The first-order valence-electron chi connectivity index (χ1n) is 10.6. The van der Waals surface area contributed by atoms with Crippen LogP contribution in [0.5, 0.6) is 11.5 Å². The molecule has 0 unspecified atom stereocenters. The summed E-state index contributed by atoms with van der Waals surface area (Å²) >= 11 is 0. The molecule has 1 aliphatic heterocycles. The molecule has 0 fully saturated rings. The summed E-state index contributed by atoms with van der Waals surface area (Å²) in [5.74, 6) is 0.857. The summed E-state index contributed by atoms with van der Waals surface area (Å²) in [6.07, 6.45) is 3.31. The molecule has 6 nitrogen and oxygen atoms in total. The molecular weight excluding hydrogens is 378 g/mol. The van der Waals surface area contributed by atoms with E-state index in [1.54, 1.807) is 12.1 Å². The summed E-state index contributed by atoms with van der Waals surface area (Å²) in [5.41, 5.74) is 3.46. The van der Waals surface area contributed by atoms with Crippen LogP contribution >= 0.6 is 0 Å². The molecule has 0 aliphatic carbocycles. The largest absolute Gasteiger partial charge is 0.507 e. The van der Waals surface area contributed by atoms with E-state index in [1.807, 2.05) is 48.2 Å². The minimum atomic E-state index is -0.287. The van der Waals surface area contributed by atoms with Crippen LogP contribution in [0.25, 0.3) is 11.3 Å². The van der Waals surface area contributed by atoms with Gasteiger partial charge in [0.15, 0.2) is 0 Å². The van der Waals surface area contributed by atoms with Crippen molar-refractivity contribution in [1.82, 2.24) is 15.1 Å². The van der Waals surface area contributed by atoms with Gasteiger partial charge in [0, 0.05) is 17.7 Å². The number of hydrogen-bond acceptors (Lipinski definition) is 4. The number of ether oxygens (including phenoxy) is 1. The fourth-order valence-electron chi connectivity index (χ4n) is 4.07. The molecule has 4 rings (SSSR count). The number of para-hydroxylation sites is 1. The van der Waals surface area contributed by atoms with Crippen molar-refractivity contribution in [3.63, 3.8) is 0 Å². The van der Waals surface area contributed by atoms with Gasteiger partial charge in [0.1, 0.15) is 22.9 Å². The molecule has 0 saturated carbocycles. The summed E-state index contributed by atoms with van der Waals surface area (Å²) in [5, 5.41) is 17.7. The Kier molecular flexibility index (Phi) is 5.74. The number of aromatic nitrogens is 2. The monoisotopic (exact) mass is 405 g/mol. The van der Waals surface area contributed by atoms with Gasteiger partial charge < -0.3 is 14.7 Å². The molecule has 30 heavy (non-hydrogen) atoms. The lowest BCUT2D eigenvalue weighted by molar-refractivity contribution is 0.0753. The summed E-state index contributed by atoms with van der Waals surface area (Å²) in [7, 11) is 0. The minimum absolute atomic E-state index is 0.0825. The number of benzene rings is 2. The highest BCUT2D eigenvalue weighted by Crippen LogP contribution is 2.44. The Bertz CT molecular complexity index is 1040. The van der Waals surface area contributed by atoms with E-state index in [1.165, 1.54) is 0 Å². The Hall–Kier alpha value is -3.28. The van der Waals surface area contributed by atoms with Gasteiger partial charge in [-0.3, -0.25) is 9.89 Å². The molecule has 2 aromatic carbocycles. The third-order valence-electron chi connectivity index (χ3n) is 5.55. The normalized spacial score (nSPS) is 15.5. The Balaban J connectivity index is 1.74. The molecular formula is C24H27N3O3. The standard InChI is InChI=1S/C24H27N3O3/c1-3-5-8-14-30-17-11-9-10-16(15-17)23-20-21(18-12-6-7-13-19(18)28)25-26-22(20)24(29)27(23)4-2/h6-7,9-13,15,23,28H,3-5,8,14H2,1-2H3,(H,25,26)/t23-/m1/s1. The van der Waals surface area contributed by atoms with E-state index in [-0.39, 0.29) is 17.7 Å². The van der Waals surface area contributed by atoms with Gasteiger partial charge in [-0.25, -0.2) is 0 Å². The topological polar surface area (TPSA) is 78.5 Å². The van der Waals surface area contributed by atoms with Crippen molar-refractivity contribution in [2.24, 2.45) is 0 Å². The summed E-state index contributed by atoms with van der Waals surface area (Å²) in [6.45, 7) is 5.38. The number of amides is 1. The van der Waals surface area contributed by atoms with Gasteiger partial charge in [0.05, 0.1) is 12.6 Å². The average Bonchev–Trinajstić information content (AvgIpc) is 3.30. The number of aromatic amines is 1. The summed E-state index contributed by atoms with van der Waals surface area (Å²) < 4.78 is 5.94. The number of nitrogens with zero attached hydrogens (tertiary/aromatic N) is 2. The number of phenolic OH excluding ortho intramolecular Hbond substituents is 1. The molecule has 0 bridgehead atoms. The number of aromatic hydroxyl groups is 1. The van der Waals surface area contributed by atoms with Gasteiger partial charge >= 0.3 is 0 Å². The number of carbonyl (C=O) groups excluding carboxylic acids is 1. The predicted molar refractivity (Wildman–Crippen MR) is 116 cm³/mol. The van der Waals surface area contributed by atoms with Gasteiger partial charge in [-0.2, -0.15) is 5.10 Å². The van der Waals surface area contributed by atoms with Crippen LogP contribution in [0.2, 0.25) is 0 Å². The van der Waals surface area contributed by atoms with Crippen molar-refractivity contribution in [3.05, 3.63) is 65.4 Å². The van der Waals surface area contributed by atoms with E-state index in [4.69, 9.17) is 4.74 Å². The number of phenols is 1. The van der Waals surface area contributed by atoms with E-state index in [9.17, 15) is 9.90 Å². The second-order valence-electron chi connectivity index (χ2n) is 7.50. The maximum absolute atomic E-state index is 13.0. The lowest BCUT2D eigenvalue weighted by Crippen LogP contribution is -2.29. The zero-order valence-corrected chi connectivity index (χ0v) is 17.4. The predicted octanol–water partition coefficient (Wildman–Crippen LogP) is 4.92. The quantitative estimate of drug-likeness (QED) is 0.522. The van der Waals surface area contributed by atoms with Crippen molar-refractivity contribution >= 4 is 5.91 Å². The van der Waals surface area contributed by atoms with Crippen LogP contribution in [0.3, 0.4) is 0 Å². The van der Waals surface area contributed by atoms with Gasteiger partial charge in [-0.05, 0) is 43.2 Å². The smallest absolute Gasteiger partial charge is 0.273 e. The Labute approximate surface area is 176 Å². The van der Waals surface area contributed by atoms with Crippen LogP contribution < -0.4 is 4.74 Å². The second kappa shape index (κ2) is 8.61. The highest BCUT2D eigenvalue weighted by Gasteiger charge is 2.41. The van der Waals surface area contributed by atoms with Crippen LogP contribution in [0, 0.1) is 0 Å². The summed E-state index contributed by atoms with van der Waals surface area (Å²) in [6, 6.07) is 14.7. The van der Waals surface area contributed by atoms with Crippen LogP contribution in [-0.4, -0.2) is 39.3 Å². The summed E-state index contributed by atoms with van der Waals surface area (Å²) in [4.78, 5) is 14.9. The maximum Gasteiger partial charge on any atom is 0.273 e. The lowest BCUT2D eigenvalue weighted by atomic mass is 9.95. The number of nitrogens with one attached hydrogen (secondary N) is 1. The molecule has 0 radical (unpaired) electrons. The fourth-order valence-corrected chi connectivity index (χ4v) is 4.07. The SMILES string of the molecule is CCCCCOc1cccc([C@@H]2c3c(-c4ccccc4O)n[nH]c3C(=O)N2CC)c1. The van der Waals surface area contributed by atoms with Crippen LogP contribution in [0.15, 0.2) is 48.5 Å². The number of fused-ring (bicyclic) bond motifs is 1. The molecule has 2 N–H and O–H groups in total. The number of hydrogen-bond donors (Lipinski definition) is 2. The van der Waals surface area contributed by atoms with E-state index in [0.717, 1.165) is 36.1 Å². The fraction of sp³-hybridized carbons (Fsp3) is 0.333. The maximum atomic E-state index is 13.0. The van der Waals surface area contributed by atoms with E-state index < -0.39 is 0 Å². The molecule has 1 amide bonds. The first-order chi connectivity index (χ1) is 14.7. The van der Waals surface area contributed by atoms with E-state index in [0.29, 0.717) is 30.1 Å². The van der Waals surface area contributed by atoms with Crippen LogP contribution in [0.1, 0.15) is 60.8 Å².